The zero-order valence-corrected chi connectivity index (χ0v) is 19.8. The number of aromatic nitrogens is 4. The number of carbonyl (C=O) groups is 1. The first-order valence-electron chi connectivity index (χ1n) is 10.9. The van der Waals surface area contributed by atoms with E-state index in [9.17, 15) is 14.4 Å². The summed E-state index contributed by atoms with van der Waals surface area (Å²) in [6.07, 6.45) is 0. The van der Waals surface area contributed by atoms with Gasteiger partial charge in [-0.15, -0.1) is 0 Å². The summed E-state index contributed by atoms with van der Waals surface area (Å²) in [5, 5.41) is 4.75. The van der Waals surface area contributed by atoms with Crippen LogP contribution in [0.4, 0.5) is 0 Å². The van der Waals surface area contributed by atoms with Crippen molar-refractivity contribution in [3.05, 3.63) is 110 Å². The summed E-state index contributed by atoms with van der Waals surface area (Å²) in [7, 11) is 1.57. The molecule has 0 radical (unpaired) electrons. The minimum Gasteiger partial charge on any atom is -0.497 e. The standard InChI is InChI=1S/C26H19ClN4O5/c1-35-19-12-8-17(9-13-19)24-28-23(36-29-24)15-31-25(33)20-4-2-3-5-21(20)30(26(31)34)14-22(32)16-6-10-18(27)11-7-16/h2-13H,14-15H2,1H3. The maximum absolute atomic E-state index is 13.4. The largest absolute Gasteiger partial charge is 0.497 e. The number of Topliss-reactive ketones (excluding diaryl/α,β-unsaturated/α-hetero) is 1. The van der Waals surface area contributed by atoms with Gasteiger partial charge in [-0.05, 0) is 60.7 Å². The molecule has 0 spiro atoms. The lowest BCUT2D eigenvalue weighted by atomic mass is 10.1. The molecule has 3 aromatic carbocycles. The molecule has 0 atom stereocenters. The monoisotopic (exact) mass is 502 g/mol. The van der Waals surface area contributed by atoms with Gasteiger partial charge in [-0.1, -0.05) is 28.9 Å². The predicted octanol–water partition coefficient (Wildman–Crippen LogP) is 3.81. The van der Waals surface area contributed by atoms with Crippen molar-refractivity contribution in [3.63, 3.8) is 0 Å². The van der Waals surface area contributed by atoms with Crippen LogP contribution in [0.15, 0.2) is 86.9 Å². The van der Waals surface area contributed by atoms with Gasteiger partial charge in [0.05, 0.1) is 24.6 Å². The van der Waals surface area contributed by atoms with E-state index in [0.29, 0.717) is 33.2 Å². The summed E-state index contributed by atoms with van der Waals surface area (Å²) in [5.74, 6) is 0.758. The highest BCUT2D eigenvalue weighted by Gasteiger charge is 2.18. The number of fused-ring (bicyclic) bond motifs is 1. The number of para-hydroxylation sites is 1. The van der Waals surface area contributed by atoms with Gasteiger partial charge in [0.2, 0.25) is 11.7 Å². The van der Waals surface area contributed by atoms with E-state index in [0.717, 1.165) is 4.57 Å². The lowest BCUT2D eigenvalue weighted by Gasteiger charge is -2.13. The van der Waals surface area contributed by atoms with E-state index in [1.165, 1.54) is 4.57 Å². The molecule has 5 aromatic rings. The Labute approximate surface area is 209 Å². The molecule has 0 aliphatic carbocycles. The molecule has 2 aromatic heterocycles. The quantitative estimate of drug-likeness (QED) is 0.311. The maximum Gasteiger partial charge on any atom is 0.332 e. The van der Waals surface area contributed by atoms with Gasteiger partial charge in [0.25, 0.3) is 5.56 Å². The molecular weight excluding hydrogens is 484 g/mol. The van der Waals surface area contributed by atoms with Crippen molar-refractivity contribution in [3.8, 4) is 17.1 Å². The average Bonchev–Trinajstić information content (AvgIpc) is 3.38. The van der Waals surface area contributed by atoms with Gasteiger partial charge in [0, 0.05) is 16.1 Å². The number of ketones is 1. The van der Waals surface area contributed by atoms with E-state index < -0.39 is 11.2 Å². The molecule has 36 heavy (non-hydrogen) atoms. The van der Waals surface area contributed by atoms with Crippen LogP contribution in [0, 0.1) is 0 Å². The van der Waals surface area contributed by atoms with Gasteiger partial charge in [-0.3, -0.25) is 18.7 Å². The van der Waals surface area contributed by atoms with Crippen LogP contribution in [-0.4, -0.2) is 32.2 Å². The molecule has 0 unspecified atom stereocenters. The summed E-state index contributed by atoms with van der Waals surface area (Å²) in [6.45, 7) is -0.511. The minimum atomic E-state index is -0.662. The number of ether oxygens (including phenoxy) is 1. The van der Waals surface area contributed by atoms with Crippen LogP contribution in [0.5, 0.6) is 5.75 Å². The third kappa shape index (κ3) is 4.44. The third-order valence-electron chi connectivity index (χ3n) is 5.71. The van der Waals surface area contributed by atoms with Gasteiger partial charge >= 0.3 is 5.69 Å². The van der Waals surface area contributed by atoms with Gasteiger partial charge < -0.3 is 9.26 Å². The SMILES string of the molecule is COc1ccc(-c2noc(Cn3c(=O)c4ccccc4n(CC(=O)c4ccc(Cl)cc4)c3=O)n2)cc1. The minimum absolute atomic E-state index is 0.0749. The molecule has 0 aliphatic heterocycles. The lowest BCUT2D eigenvalue weighted by molar-refractivity contribution is 0.0971. The summed E-state index contributed by atoms with van der Waals surface area (Å²) in [5.41, 5.74) is 0.257. The van der Waals surface area contributed by atoms with Crippen LogP contribution in [0.2, 0.25) is 5.02 Å². The molecule has 0 fully saturated rings. The normalized spacial score (nSPS) is 11.1. The fraction of sp³-hybridized carbons (Fsp3) is 0.115. The molecular formula is C26H19ClN4O5. The first-order chi connectivity index (χ1) is 17.4. The Morgan fingerprint density at radius 2 is 1.69 bits per heavy atom. The fourth-order valence-electron chi connectivity index (χ4n) is 3.85. The molecule has 0 aliphatic rings. The van der Waals surface area contributed by atoms with Crippen molar-refractivity contribution in [1.82, 2.24) is 19.3 Å². The van der Waals surface area contributed by atoms with Crippen molar-refractivity contribution in [2.75, 3.05) is 7.11 Å². The van der Waals surface area contributed by atoms with Crippen LogP contribution in [0.25, 0.3) is 22.3 Å². The van der Waals surface area contributed by atoms with Crippen molar-refractivity contribution in [2.45, 2.75) is 13.1 Å². The number of nitrogens with zero attached hydrogens (tertiary/aromatic N) is 4. The Morgan fingerprint density at radius 3 is 2.42 bits per heavy atom. The topological polar surface area (TPSA) is 109 Å². The number of rotatable bonds is 7. The van der Waals surface area contributed by atoms with E-state index in [1.54, 1.807) is 79.9 Å². The summed E-state index contributed by atoms with van der Waals surface area (Å²) in [6, 6.07) is 20.1. The highest BCUT2D eigenvalue weighted by atomic mass is 35.5. The third-order valence-corrected chi connectivity index (χ3v) is 5.96. The molecule has 5 rings (SSSR count). The number of methoxy groups -OCH3 is 1. The number of halogens is 1. The maximum atomic E-state index is 13.4. The number of hydrogen-bond acceptors (Lipinski definition) is 7. The number of carbonyl (C=O) groups excluding carboxylic acids is 1. The molecule has 10 heteroatoms. The van der Waals surface area contributed by atoms with Crippen molar-refractivity contribution >= 4 is 28.3 Å². The Morgan fingerprint density at radius 1 is 0.972 bits per heavy atom. The van der Waals surface area contributed by atoms with Gasteiger partial charge in [0.1, 0.15) is 12.3 Å². The van der Waals surface area contributed by atoms with Crippen LogP contribution >= 0.6 is 11.6 Å². The van der Waals surface area contributed by atoms with Crippen LogP contribution in [0.1, 0.15) is 16.2 Å². The summed E-state index contributed by atoms with van der Waals surface area (Å²) >= 11 is 5.92. The smallest absolute Gasteiger partial charge is 0.332 e. The Hall–Kier alpha value is -4.50. The first kappa shape index (κ1) is 23.3. The van der Waals surface area contributed by atoms with E-state index in [1.807, 2.05) is 0 Å². The fourth-order valence-corrected chi connectivity index (χ4v) is 3.97. The Kier molecular flexibility index (Phi) is 6.22. The molecule has 0 saturated carbocycles. The first-order valence-corrected chi connectivity index (χ1v) is 11.3. The lowest BCUT2D eigenvalue weighted by Crippen LogP contribution is -2.41. The van der Waals surface area contributed by atoms with E-state index >= 15 is 0 Å². The molecule has 0 bridgehead atoms. The molecule has 9 nitrogen and oxygen atoms in total. The second-order valence-corrected chi connectivity index (χ2v) is 8.38. The zero-order chi connectivity index (χ0) is 25.2. The van der Waals surface area contributed by atoms with Crippen LogP contribution in [-0.2, 0) is 13.1 Å². The molecule has 0 saturated heterocycles. The van der Waals surface area contributed by atoms with Gasteiger partial charge in [-0.25, -0.2) is 4.79 Å². The van der Waals surface area contributed by atoms with E-state index in [-0.39, 0.29) is 30.1 Å². The van der Waals surface area contributed by atoms with Crippen LogP contribution in [0.3, 0.4) is 0 Å². The number of hydrogen-bond donors (Lipinski definition) is 0. The van der Waals surface area contributed by atoms with Gasteiger partial charge in [0.15, 0.2) is 5.78 Å². The highest BCUT2D eigenvalue weighted by molar-refractivity contribution is 6.30. The van der Waals surface area contributed by atoms with Crippen molar-refractivity contribution < 1.29 is 14.1 Å². The average molecular weight is 503 g/mol. The molecule has 180 valence electrons. The molecule has 2 heterocycles. The van der Waals surface area contributed by atoms with E-state index in [2.05, 4.69) is 10.1 Å². The Bertz CT molecular complexity index is 1690. The second kappa shape index (κ2) is 9.63. The number of benzene rings is 3. The van der Waals surface area contributed by atoms with E-state index in [4.69, 9.17) is 20.9 Å². The molecule has 0 amide bonds. The Balaban J connectivity index is 1.52. The predicted molar refractivity (Wildman–Crippen MR) is 134 cm³/mol. The van der Waals surface area contributed by atoms with Crippen molar-refractivity contribution in [2.24, 2.45) is 0 Å². The summed E-state index contributed by atoms with van der Waals surface area (Å²) in [4.78, 5) is 43.9. The van der Waals surface area contributed by atoms with Gasteiger partial charge in [-0.2, -0.15) is 4.98 Å². The summed E-state index contributed by atoms with van der Waals surface area (Å²) < 4.78 is 12.7. The van der Waals surface area contributed by atoms with Crippen LogP contribution < -0.4 is 16.0 Å². The zero-order valence-electron chi connectivity index (χ0n) is 19.1. The second-order valence-electron chi connectivity index (χ2n) is 7.95. The highest BCUT2D eigenvalue weighted by Crippen LogP contribution is 2.20. The molecule has 0 N–H and O–H groups in total. The van der Waals surface area contributed by atoms with Crippen molar-refractivity contribution in [1.29, 1.82) is 0 Å².